The smallest absolute Gasteiger partial charge is 0.220 e. The maximum atomic E-state index is 10.4. The van der Waals surface area contributed by atoms with Gasteiger partial charge in [0, 0.05) is 31.6 Å². The number of rotatable bonds is 6. The highest BCUT2D eigenvalue weighted by atomic mass is 16.5. The predicted molar refractivity (Wildman–Crippen MR) is 95.0 cm³/mol. The predicted octanol–water partition coefficient (Wildman–Crippen LogP) is 1.90. The summed E-state index contributed by atoms with van der Waals surface area (Å²) in [6.07, 6.45) is 1.82. The third-order valence-corrected chi connectivity index (χ3v) is 4.48. The normalized spacial score (nSPS) is 15.5. The van der Waals surface area contributed by atoms with E-state index in [1.54, 1.807) is 13.4 Å². The van der Waals surface area contributed by atoms with Gasteiger partial charge in [-0.2, -0.15) is 0 Å². The molecular formula is C19H25N3O3. The van der Waals surface area contributed by atoms with Gasteiger partial charge in [0.2, 0.25) is 5.88 Å². The van der Waals surface area contributed by atoms with Crippen molar-refractivity contribution in [2.75, 3.05) is 26.8 Å². The number of ether oxygens (including phenoxy) is 2. The van der Waals surface area contributed by atoms with Crippen LogP contribution in [0.25, 0.3) is 0 Å². The molecule has 0 aliphatic carbocycles. The van der Waals surface area contributed by atoms with E-state index in [4.69, 9.17) is 9.47 Å². The van der Waals surface area contributed by atoms with Gasteiger partial charge in [0.1, 0.15) is 24.8 Å². The summed E-state index contributed by atoms with van der Waals surface area (Å²) in [4.78, 5) is 10.7. The number of methoxy groups -OCH3 is 1. The summed E-state index contributed by atoms with van der Waals surface area (Å²) in [6, 6.07) is 6.09. The first-order valence-electron chi connectivity index (χ1n) is 8.54. The largest absolute Gasteiger partial charge is 0.491 e. The summed E-state index contributed by atoms with van der Waals surface area (Å²) >= 11 is 0. The Morgan fingerprint density at radius 3 is 2.92 bits per heavy atom. The van der Waals surface area contributed by atoms with Gasteiger partial charge in [-0.3, -0.25) is 4.90 Å². The number of aliphatic hydroxyl groups is 1. The minimum atomic E-state index is -0.558. The molecule has 2 aromatic rings. The van der Waals surface area contributed by atoms with Gasteiger partial charge in [-0.1, -0.05) is 12.1 Å². The lowest BCUT2D eigenvalue weighted by atomic mass is 10.1. The molecule has 0 amide bonds. The second-order valence-corrected chi connectivity index (χ2v) is 6.53. The van der Waals surface area contributed by atoms with Crippen molar-refractivity contribution in [1.82, 2.24) is 14.9 Å². The summed E-state index contributed by atoms with van der Waals surface area (Å²) in [5, 5.41) is 10.4. The van der Waals surface area contributed by atoms with Crippen LogP contribution in [0.2, 0.25) is 0 Å². The molecule has 0 fully saturated rings. The molecule has 6 heteroatoms. The van der Waals surface area contributed by atoms with E-state index in [1.807, 2.05) is 26.0 Å². The molecule has 1 aromatic heterocycles. The lowest BCUT2D eigenvalue weighted by Crippen LogP contribution is -2.39. The molecule has 134 valence electrons. The van der Waals surface area contributed by atoms with E-state index < -0.39 is 6.10 Å². The van der Waals surface area contributed by atoms with E-state index in [2.05, 4.69) is 20.9 Å². The van der Waals surface area contributed by atoms with E-state index in [-0.39, 0.29) is 6.61 Å². The van der Waals surface area contributed by atoms with Crippen LogP contribution in [0.1, 0.15) is 22.4 Å². The van der Waals surface area contributed by atoms with Crippen molar-refractivity contribution in [2.45, 2.75) is 32.9 Å². The quantitative estimate of drug-likeness (QED) is 0.864. The number of aromatic nitrogens is 2. The number of hydrogen-bond donors (Lipinski definition) is 1. The third-order valence-electron chi connectivity index (χ3n) is 4.48. The maximum absolute atomic E-state index is 10.4. The van der Waals surface area contributed by atoms with Crippen molar-refractivity contribution >= 4 is 0 Å². The van der Waals surface area contributed by atoms with Crippen molar-refractivity contribution in [2.24, 2.45) is 0 Å². The Morgan fingerprint density at radius 1 is 1.28 bits per heavy atom. The average Bonchev–Trinajstić information content (AvgIpc) is 2.62. The molecule has 0 saturated heterocycles. The first-order valence-corrected chi connectivity index (χ1v) is 8.54. The number of hydrogen-bond acceptors (Lipinski definition) is 6. The van der Waals surface area contributed by atoms with Gasteiger partial charge in [0.15, 0.2) is 0 Å². The van der Waals surface area contributed by atoms with Gasteiger partial charge in [0.25, 0.3) is 0 Å². The Kier molecular flexibility index (Phi) is 5.50. The minimum absolute atomic E-state index is 0.274. The van der Waals surface area contributed by atoms with Crippen molar-refractivity contribution < 1.29 is 14.6 Å². The standard InChI is InChI=1S/C19H25N3O3/c1-13-4-5-14(2)18(8-13)25-11-15(23)9-22-7-6-17-16(10-22)19(24-3)21-12-20-17/h4-5,8,12,15,23H,6-7,9-11H2,1-3H3/t15-/m1/s1. The highest BCUT2D eigenvalue weighted by molar-refractivity contribution is 5.36. The van der Waals surface area contributed by atoms with Crippen LogP contribution in [-0.2, 0) is 13.0 Å². The molecule has 0 spiro atoms. The van der Waals surface area contributed by atoms with Crippen LogP contribution in [0.3, 0.4) is 0 Å². The second-order valence-electron chi connectivity index (χ2n) is 6.53. The molecule has 1 aliphatic rings. The monoisotopic (exact) mass is 343 g/mol. The first-order chi connectivity index (χ1) is 12.1. The summed E-state index contributed by atoms with van der Waals surface area (Å²) in [5.74, 6) is 1.45. The topological polar surface area (TPSA) is 67.7 Å². The molecule has 0 radical (unpaired) electrons. The van der Waals surface area contributed by atoms with E-state index in [0.717, 1.165) is 41.1 Å². The van der Waals surface area contributed by atoms with Crippen LogP contribution in [0.5, 0.6) is 11.6 Å². The second kappa shape index (κ2) is 7.80. The number of aryl methyl sites for hydroxylation is 2. The minimum Gasteiger partial charge on any atom is -0.491 e. The van der Waals surface area contributed by atoms with Crippen LogP contribution >= 0.6 is 0 Å². The highest BCUT2D eigenvalue weighted by Gasteiger charge is 2.23. The van der Waals surface area contributed by atoms with Crippen molar-refractivity contribution in [1.29, 1.82) is 0 Å². The van der Waals surface area contributed by atoms with Crippen molar-refractivity contribution in [3.63, 3.8) is 0 Å². The Bertz CT molecular complexity index is 722. The third kappa shape index (κ3) is 4.27. The van der Waals surface area contributed by atoms with Crippen LogP contribution < -0.4 is 9.47 Å². The zero-order valence-electron chi connectivity index (χ0n) is 15.0. The molecule has 1 atom stereocenters. The highest BCUT2D eigenvalue weighted by Crippen LogP contribution is 2.24. The molecule has 6 nitrogen and oxygen atoms in total. The van der Waals surface area contributed by atoms with Gasteiger partial charge in [-0.15, -0.1) is 0 Å². The van der Waals surface area contributed by atoms with Gasteiger partial charge < -0.3 is 14.6 Å². The fraction of sp³-hybridized carbons (Fsp3) is 0.474. The first kappa shape index (κ1) is 17.6. The Hall–Kier alpha value is -2.18. The molecule has 2 heterocycles. The van der Waals surface area contributed by atoms with Crippen LogP contribution in [0.15, 0.2) is 24.5 Å². The van der Waals surface area contributed by atoms with Crippen molar-refractivity contribution in [3.05, 3.63) is 46.9 Å². The molecule has 25 heavy (non-hydrogen) atoms. The van der Waals surface area contributed by atoms with Crippen molar-refractivity contribution in [3.8, 4) is 11.6 Å². The van der Waals surface area contributed by atoms with E-state index in [9.17, 15) is 5.11 Å². The van der Waals surface area contributed by atoms with Gasteiger partial charge in [0.05, 0.1) is 12.8 Å². The molecule has 0 bridgehead atoms. The summed E-state index contributed by atoms with van der Waals surface area (Å²) in [6.45, 7) is 6.39. The molecule has 0 saturated carbocycles. The molecule has 1 N–H and O–H groups in total. The van der Waals surface area contributed by atoms with Gasteiger partial charge in [-0.25, -0.2) is 9.97 Å². The fourth-order valence-corrected chi connectivity index (χ4v) is 3.10. The molecule has 3 rings (SSSR count). The summed E-state index contributed by atoms with van der Waals surface area (Å²) < 4.78 is 11.1. The van der Waals surface area contributed by atoms with Crippen LogP contribution in [0, 0.1) is 13.8 Å². The summed E-state index contributed by atoms with van der Waals surface area (Å²) in [5.41, 5.74) is 4.27. The fourth-order valence-electron chi connectivity index (χ4n) is 3.10. The number of benzene rings is 1. The zero-order valence-corrected chi connectivity index (χ0v) is 15.0. The molecule has 1 aliphatic heterocycles. The lowest BCUT2D eigenvalue weighted by Gasteiger charge is -2.30. The SMILES string of the molecule is COc1ncnc2c1CN(C[C@@H](O)COc1cc(C)ccc1C)CC2. The Balaban J connectivity index is 1.57. The zero-order chi connectivity index (χ0) is 17.8. The maximum Gasteiger partial charge on any atom is 0.220 e. The van der Waals surface area contributed by atoms with Gasteiger partial charge >= 0.3 is 0 Å². The summed E-state index contributed by atoms with van der Waals surface area (Å²) in [7, 11) is 1.62. The Morgan fingerprint density at radius 2 is 2.12 bits per heavy atom. The van der Waals surface area contributed by atoms with E-state index in [1.165, 1.54) is 0 Å². The molecular weight excluding hydrogens is 318 g/mol. The Labute approximate surface area is 148 Å². The molecule has 0 unspecified atom stereocenters. The number of aliphatic hydroxyl groups excluding tert-OH is 1. The average molecular weight is 343 g/mol. The number of fused-ring (bicyclic) bond motifs is 1. The molecule has 1 aromatic carbocycles. The van der Waals surface area contributed by atoms with E-state index >= 15 is 0 Å². The van der Waals surface area contributed by atoms with Gasteiger partial charge in [-0.05, 0) is 31.0 Å². The van der Waals surface area contributed by atoms with Crippen LogP contribution in [-0.4, -0.2) is 52.9 Å². The van der Waals surface area contributed by atoms with E-state index in [0.29, 0.717) is 19.0 Å². The number of nitrogens with zero attached hydrogens (tertiary/aromatic N) is 3. The number of β-amino-alcohol motifs (C(OH)–C–C–N with tert-alkyl or cyclic N) is 1. The lowest BCUT2D eigenvalue weighted by molar-refractivity contribution is 0.0628. The van der Waals surface area contributed by atoms with Crippen LogP contribution in [0.4, 0.5) is 0 Å².